The third-order valence-corrected chi connectivity index (χ3v) is 2.45. The minimum atomic E-state index is -0.300. The molecule has 0 amide bonds. The molecule has 0 spiro atoms. The topological polar surface area (TPSA) is 90.7 Å². The zero-order valence-corrected chi connectivity index (χ0v) is 10.1. The Hall–Kier alpha value is -1.82. The minimum absolute atomic E-state index is 0.129. The predicted octanol–water partition coefficient (Wildman–Crippen LogP) is 1.57. The van der Waals surface area contributed by atoms with Gasteiger partial charge in [0.25, 0.3) is 0 Å². The van der Waals surface area contributed by atoms with Crippen LogP contribution in [0.5, 0.6) is 0 Å². The molecule has 17 heavy (non-hydrogen) atoms. The highest BCUT2D eigenvalue weighted by atomic mass is 16.5. The first-order valence-electron chi connectivity index (χ1n) is 5.34. The lowest BCUT2D eigenvalue weighted by atomic mass is 9.87. The molecule has 2 aromatic heterocycles. The molecule has 0 bridgehead atoms. The molecule has 2 rings (SSSR count). The second-order valence-corrected chi connectivity index (χ2v) is 4.89. The Balaban J connectivity index is 2.28. The quantitative estimate of drug-likeness (QED) is 0.846. The molecule has 0 fully saturated rings. The van der Waals surface area contributed by atoms with Gasteiger partial charge in [-0.05, 0) is 11.5 Å². The van der Waals surface area contributed by atoms with E-state index < -0.39 is 0 Å². The highest BCUT2D eigenvalue weighted by Crippen LogP contribution is 2.29. The lowest BCUT2D eigenvalue weighted by Crippen LogP contribution is -2.26. The summed E-state index contributed by atoms with van der Waals surface area (Å²) in [5.74, 6) is 0.855. The maximum Gasteiger partial charge on any atom is 0.244 e. The van der Waals surface area contributed by atoms with Crippen LogP contribution in [0.1, 0.15) is 32.7 Å². The molecule has 90 valence electrons. The molecule has 0 saturated carbocycles. The standard InChI is InChI=1S/C11H15N5O/c1-11(2,3)8(12)10-15-9(16-17-10)7-4-5-13-6-14-7/h4-6,8H,12H2,1-3H3/t8-/m0/s1. The van der Waals surface area contributed by atoms with Gasteiger partial charge in [0.2, 0.25) is 11.7 Å². The first-order valence-corrected chi connectivity index (χ1v) is 5.34. The molecular weight excluding hydrogens is 218 g/mol. The van der Waals surface area contributed by atoms with Crippen LogP contribution in [0.15, 0.2) is 23.1 Å². The Morgan fingerprint density at radius 1 is 1.35 bits per heavy atom. The predicted molar refractivity (Wildman–Crippen MR) is 61.7 cm³/mol. The van der Waals surface area contributed by atoms with Gasteiger partial charge in [-0.25, -0.2) is 9.97 Å². The summed E-state index contributed by atoms with van der Waals surface area (Å²) in [6, 6.07) is 1.42. The van der Waals surface area contributed by atoms with E-state index in [1.807, 2.05) is 20.8 Å². The van der Waals surface area contributed by atoms with Crippen LogP contribution in [0.25, 0.3) is 11.5 Å². The van der Waals surface area contributed by atoms with E-state index in [4.69, 9.17) is 10.3 Å². The van der Waals surface area contributed by atoms with E-state index in [0.29, 0.717) is 17.4 Å². The summed E-state index contributed by atoms with van der Waals surface area (Å²) >= 11 is 0. The first kappa shape index (κ1) is 11.7. The van der Waals surface area contributed by atoms with Crippen LogP contribution in [0.2, 0.25) is 0 Å². The largest absolute Gasteiger partial charge is 0.337 e. The summed E-state index contributed by atoms with van der Waals surface area (Å²) < 4.78 is 5.16. The van der Waals surface area contributed by atoms with Gasteiger partial charge in [0.1, 0.15) is 12.0 Å². The molecule has 2 aromatic rings. The number of aromatic nitrogens is 4. The van der Waals surface area contributed by atoms with Crippen molar-refractivity contribution in [3.8, 4) is 11.5 Å². The Bertz CT molecular complexity index is 488. The van der Waals surface area contributed by atoms with E-state index in [1.54, 1.807) is 12.3 Å². The average Bonchev–Trinajstić information content (AvgIpc) is 2.77. The van der Waals surface area contributed by atoms with Gasteiger partial charge < -0.3 is 10.3 Å². The molecule has 2 heterocycles. The average molecular weight is 233 g/mol. The molecule has 0 aliphatic rings. The van der Waals surface area contributed by atoms with E-state index in [1.165, 1.54) is 6.33 Å². The molecule has 6 nitrogen and oxygen atoms in total. The second kappa shape index (κ2) is 4.21. The zero-order chi connectivity index (χ0) is 12.5. The van der Waals surface area contributed by atoms with Crippen LogP contribution in [-0.4, -0.2) is 20.1 Å². The van der Waals surface area contributed by atoms with Crippen molar-refractivity contribution in [1.82, 2.24) is 20.1 Å². The van der Waals surface area contributed by atoms with Gasteiger partial charge in [-0.1, -0.05) is 25.9 Å². The Morgan fingerprint density at radius 3 is 2.71 bits per heavy atom. The summed E-state index contributed by atoms with van der Waals surface area (Å²) in [7, 11) is 0. The molecular formula is C11H15N5O. The lowest BCUT2D eigenvalue weighted by Gasteiger charge is -2.23. The van der Waals surface area contributed by atoms with Crippen molar-refractivity contribution in [2.24, 2.45) is 11.1 Å². The van der Waals surface area contributed by atoms with E-state index in [9.17, 15) is 0 Å². The molecule has 0 saturated heterocycles. The highest BCUT2D eigenvalue weighted by Gasteiger charge is 2.27. The molecule has 0 unspecified atom stereocenters. The van der Waals surface area contributed by atoms with Gasteiger partial charge >= 0.3 is 0 Å². The van der Waals surface area contributed by atoms with Crippen molar-refractivity contribution in [2.45, 2.75) is 26.8 Å². The van der Waals surface area contributed by atoms with Gasteiger partial charge in [-0.2, -0.15) is 4.98 Å². The monoisotopic (exact) mass is 233 g/mol. The summed E-state index contributed by atoms with van der Waals surface area (Å²) in [6.07, 6.45) is 3.07. The number of rotatable bonds is 2. The van der Waals surface area contributed by atoms with Crippen LogP contribution in [-0.2, 0) is 0 Å². The number of nitrogens with two attached hydrogens (primary N) is 1. The van der Waals surface area contributed by atoms with Crippen molar-refractivity contribution in [3.05, 3.63) is 24.5 Å². The number of hydrogen-bond acceptors (Lipinski definition) is 6. The summed E-state index contributed by atoms with van der Waals surface area (Å²) in [5, 5.41) is 3.86. The number of nitrogens with zero attached hydrogens (tertiary/aromatic N) is 4. The minimum Gasteiger partial charge on any atom is -0.337 e. The van der Waals surface area contributed by atoms with Crippen LogP contribution < -0.4 is 5.73 Å². The number of hydrogen-bond donors (Lipinski definition) is 1. The maximum atomic E-state index is 6.03. The molecule has 2 N–H and O–H groups in total. The fourth-order valence-electron chi connectivity index (χ4n) is 1.26. The zero-order valence-electron chi connectivity index (χ0n) is 10.1. The van der Waals surface area contributed by atoms with Gasteiger partial charge in [-0.15, -0.1) is 0 Å². The SMILES string of the molecule is CC(C)(C)[C@@H](N)c1nc(-c2ccncn2)no1. The molecule has 6 heteroatoms. The van der Waals surface area contributed by atoms with Gasteiger partial charge in [0, 0.05) is 6.20 Å². The van der Waals surface area contributed by atoms with Crippen LogP contribution in [0.4, 0.5) is 0 Å². The highest BCUT2D eigenvalue weighted by molar-refractivity contribution is 5.46. The van der Waals surface area contributed by atoms with Gasteiger partial charge in [0.15, 0.2) is 0 Å². The van der Waals surface area contributed by atoms with Gasteiger partial charge in [0.05, 0.1) is 6.04 Å². The van der Waals surface area contributed by atoms with E-state index in [0.717, 1.165) is 0 Å². The smallest absolute Gasteiger partial charge is 0.244 e. The van der Waals surface area contributed by atoms with Crippen LogP contribution in [0.3, 0.4) is 0 Å². The fourth-order valence-corrected chi connectivity index (χ4v) is 1.26. The van der Waals surface area contributed by atoms with Crippen molar-refractivity contribution in [1.29, 1.82) is 0 Å². The molecule has 1 atom stereocenters. The van der Waals surface area contributed by atoms with Crippen LogP contribution in [0, 0.1) is 5.41 Å². The summed E-state index contributed by atoms with van der Waals surface area (Å²) in [4.78, 5) is 12.1. The maximum absolute atomic E-state index is 6.03. The molecule has 0 aliphatic heterocycles. The Morgan fingerprint density at radius 2 is 2.12 bits per heavy atom. The third kappa shape index (κ3) is 2.47. The van der Waals surface area contributed by atoms with E-state index in [-0.39, 0.29) is 11.5 Å². The lowest BCUT2D eigenvalue weighted by molar-refractivity contribution is 0.253. The van der Waals surface area contributed by atoms with Crippen molar-refractivity contribution in [2.75, 3.05) is 0 Å². The fraction of sp³-hybridized carbons (Fsp3) is 0.455. The molecule has 0 aromatic carbocycles. The summed E-state index contributed by atoms with van der Waals surface area (Å²) in [6.45, 7) is 6.06. The normalized spacial score (nSPS) is 13.6. The third-order valence-electron chi connectivity index (χ3n) is 2.45. The van der Waals surface area contributed by atoms with E-state index in [2.05, 4.69) is 20.1 Å². The van der Waals surface area contributed by atoms with E-state index >= 15 is 0 Å². The van der Waals surface area contributed by atoms with Crippen molar-refractivity contribution in [3.63, 3.8) is 0 Å². The van der Waals surface area contributed by atoms with Crippen molar-refractivity contribution < 1.29 is 4.52 Å². The second-order valence-electron chi connectivity index (χ2n) is 4.89. The Kier molecular flexibility index (Phi) is 2.89. The summed E-state index contributed by atoms with van der Waals surface area (Å²) in [5.41, 5.74) is 6.53. The van der Waals surface area contributed by atoms with Crippen LogP contribution >= 0.6 is 0 Å². The molecule has 0 radical (unpaired) electrons. The Labute approximate surface area is 99.3 Å². The van der Waals surface area contributed by atoms with Gasteiger partial charge in [-0.3, -0.25) is 0 Å². The van der Waals surface area contributed by atoms with Crippen molar-refractivity contribution >= 4 is 0 Å². The molecule has 0 aliphatic carbocycles. The first-order chi connectivity index (χ1) is 7.98.